The summed E-state index contributed by atoms with van der Waals surface area (Å²) in [5.41, 5.74) is 4.75. The number of nitrogens with one attached hydrogen (secondary N) is 1. The maximum absolute atomic E-state index is 4.34. The highest BCUT2D eigenvalue weighted by molar-refractivity contribution is 5.59. The minimum absolute atomic E-state index is 1.05. The Bertz CT molecular complexity index is 440. The summed E-state index contributed by atoms with van der Waals surface area (Å²) in [6.07, 6.45) is 3.53. The largest absolute Gasteiger partial charge is 0.282 e. The predicted octanol–water partition coefficient (Wildman–Crippen LogP) is 3.73. The molecule has 1 heterocycles. The van der Waals surface area contributed by atoms with Crippen LogP contribution in [0.5, 0.6) is 0 Å². The molecule has 0 aliphatic carbocycles. The number of aromatic nitrogens is 2. The zero-order chi connectivity index (χ0) is 11.4. The van der Waals surface area contributed by atoms with E-state index in [4.69, 9.17) is 0 Å². The lowest BCUT2D eigenvalue weighted by molar-refractivity contribution is 0.772. The van der Waals surface area contributed by atoms with Gasteiger partial charge in [-0.25, -0.2) is 0 Å². The van der Waals surface area contributed by atoms with Gasteiger partial charge in [-0.15, -0.1) is 0 Å². The third-order valence-corrected chi connectivity index (χ3v) is 2.78. The van der Waals surface area contributed by atoms with Crippen LogP contribution in [0.15, 0.2) is 30.3 Å². The number of hydrogen-bond donors (Lipinski definition) is 1. The first-order valence-electron chi connectivity index (χ1n) is 5.91. The summed E-state index contributed by atoms with van der Waals surface area (Å²) < 4.78 is 0. The molecule has 1 N–H and O–H groups in total. The minimum atomic E-state index is 1.05. The first-order valence-corrected chi connectivity index (χ1v) is 5.91. The molecule has 2 nitrogen and oxygen atoms in total. The second kappa shape index (κ2) is 4.97. The van der Waals surface area contributed by atoms with Crippen LogP contribution in [0.1, 0.15) is 31.0 Å². The van der Waals surface area contributed by atoms with Crippen molar-refractivity contribution in [3.8, 4) is 11.3 Å². The van der Waals surface area contributed by atoms with Gasteiger partial charge in [-0.05, 0) is 25.8 Å². The number of nitrogens with zero attached hydrogens (tertiary/aromatic N) is 1. The minimum Gasteiger partial charge on any atom is -0.282 e. The van der Waals surface area contributed by atoms with Crippen molar-refractivity contribution in [2.24, 2.45) is 0 Å². The molecule has 0 atom stereocenters. The summed E-state index contributed by atoms with van der Waals surface area (Å²) in [5.74, 6) is 0. The van der Waals surface area contributed by atoms with Crippen LogP contribution in [0.3, 0.4) is 0 Å². The Hall–Kier alpha value is -1.57. The Morgan fingerprint density at radius 2 is 1.94 bits per heavy atom. The molecule has 0 radical (unpaired) electrons. The summed E-state index contributed by atoms with van der Waals surface area (Å²) >= 11 is 0. The van der Waals surface area contributed by atoms with Crippen molar-refractivity contribution >= 4 is 0 Å². The number of H-pyrrole nitrogens is 1. The van der Waals surface area contributed by atoms with E-state index in [1.54, 1.807) is 0 Å². The van der Waals surface area contributed by atoms with Crippen LogP contribution in [0.2, 0.25) is 0 Å². The molecule has 0 saturated heterocycles. The average molecular weight is 214 g/mol. The fraction of sp³-hybridized carbons (Fsp3) is 0.357. The molecule has 0 spiro atoms. The SMILES string of the molecule is CCCCc1cc(-c2ccc(C)cc2)n[nH]1. The standard InChI is InChI=1S/C14H18N2/c1-3-4-5-13-10-14(16-15-13)12-8-6-11(2)7-9-12/h6-10H,3-5H2,1-2H3,(H,15,16). The van der Waals surface area contributed by atoms with E-state index in [1.165, 1.54) is 29.7 Å². The number of rotatable bonds is 4. The Morgan fingerprint density at radius 3 is 2.62 bits per heavy atom. The van der Waals surface area contributed by atoms with Crippen molar-refractivity contribution in [1.82, 2.24) is 10.2 Å². The van der Waals surface area contributed by atoms with E-state index in [2.05, 4.69) is 54.4 Å². The summed E-state index contributed by atoms with van der Waals surface area (Å²) in [4.78, 5) is 0. The topological polar surface area (TPSA) is 28.7 Å². The van der Waals surface area contributed by atoms with Crippen LogP contribution in [0, 0.1) is 6.92 Å². The van der Waals surface area contributed by atoms with Gasteiger partial charge in [0.2, 0.25) is 0 Å². The molecule has 0 fully saturated rings. The lowest BCUT2D eigenvalue weighted by Gasteiger charge is -1.96. The molecule has 2 heteroatoms. The van der Waals surface area contributed by atoms with Gasteiger partial charge in [0.25, 0.3) is 0 Å². The van der Waals surface area contributed by atoms with E-state index in [0.717, 1.165) is 12.1 Å². The van der Waals surface area contributed by atoms with Crippen LogP contribution in [0.4, 0.5) is 0 Å². The summed E-state index contributed by atoms with van der Waals surface area (Å²) in [6.45, 7) is 4.30. The highest BCUT2D eigenvalue weighted by atomic mass is 15.1. The zero-order valence-corrected chi connectivity index (χ0v) is 9.96. The van der Waals surface area contributed by atoms with Gasteiger partial charge in [0.1, 0.15) is 0 Å². The Balaban J connectivity index is 2.15. The van der Waals surface area contributed by atoms with Gasteiger partial charge in [-0.1, -0.05) is 43.2 Å². The molecule has 16 heavy (non-hydrogen) atoms. The van der Waals surface area contributed by atoms with Gasteiger partial charge in [-0.3, -0.25) is 5.10 Å². The maximum atomic E-state index is 4.34. The fourth-order valence-corrected chi connectivity index (χ4v) is 1.73. The molecular weight excluding hydrogens is 196 g/mol. The molecule has 0 aliphatic heterocycles. The second-order valence-corrected chi connectivity index (χ2v) is 4.25. The van der Waals surface area contributed by atoms with Crippen LogP contribution >= 0.6 is 0 Å². The Morgan fingerprint density at radius 1 is 1.19 bits per heavy atom. The third-order valence-electron chi connectivity index (χ3n) is 2.78. The Kier molecular flexibility index (Phi) is 3.40. The fourth-order valence-electron chi connectivity index (χ4n) is 1.73. The van der Waals surface area contributed by atoms with E-state index in [0.29, 0.717) is 0 Å². The number of benzene rings is 1. The van der Waals surface area contributed by atoms with Crippen molar-refractivity contribution in [2.45, 2.75) is 33.1 Å². The number of aryl methyl sites for hydroxylation is 2. The first kappa shape index (κ1) is 10.9. The Labute approximate surface area is 96.7 Å². The predicted molar refractivity (Wildman–Crippen MR) is 67.4 cm³/mol. The first-order chi connectivity index (χ1) is 7.79. The van der Waals surface area contributed by atoms with E-state index < -0.39 is 0 Å². The van der Waals surface area contributed by atoms with Crippen LogP contribution in [-0.2, 0) is 6.42 Å². The zero-order valence-electron chi connectivity index (χ0n) is 9.96. The average Bonchev–Trinajstić information content (AvgIpc) is 2.76. The summed E-state index contributed by atoms with van der Waals surface area (Å²) in [6, 6.07) is 10.6. The third kappa shape index (κ3) is 2.51. The van der Waals surface area contributed by atoms with E-state index in [-0.39, 0.29) is 0 Å². The van der Waals surface area contributed by atoms with Crippen LogP contribution in [-0.4, -0.2) is 10.2 Å². The smallest absolute Gasteiger partial charge is 0.0923 e. The molecule has 1 aromatic carbocycles. The lowest BCUT2D eigenvalue weighted by Crippen LogP contribution is -1.83. The molecule has 0 bridgehead atoms. The molecule has 0 saturated carbocycles. The molecular formula is C14H18N2. The molecule has 0 amide bonds. The molecule has 0 aliphatic rings. The quantitative estimate of drug-likeness (QED) is 0.825. The highest BCUT2D eigenvalue weighted by Gasteiger charge is 2.02. The number of unbranched alkanes of at least 4 members (excludes halogenated alkanes) is 1. The normalized spacial score (nSPS) is 10.6. The van der Waals surface area contributed by atoms with Gasteiger partial charge >= 0.3 is 0 Å². The lowest BCUT2D eigenvalue weighted by atomic mass is 10.1. The maximum Gasteiger partial charge on any atom is 0.0923 e. The summed E-state index contributed by atoms with van der Waals surface area (Å²) in [5, 5.41) is 7.45. The molecule has 1 aromatic heterocycles. The van der Waals surface area contributed by atoms with E-state index >= 15 is 0 Å². The van der Waals surface area contributed by atoms with Crippen molar-refractivity contribution in [2.75, 3.05) is 0 Å². The van der Waals surface area contributed by atoms with E-state index in [9.17, 15) is 0 Å². The van der Waals surface area contributed by atoms with Crippen LogP contribution < -0.4 is 0 Å². The van der Waals surface area contributed by atoms with Gasteiger partial charge in [0.05, 0.1) is 5.69 Å². The van der Waals surface area contributed by atoms with Gasteiger partial charge in [0.15, 0.2) is 0 Å². The monoisotopic (exact) mass is 214 g/mol. The van der Waals surface area contributed by atoms with E-state index in [1.807, 2.05) is 0 Å². The van der Waals surface area contributed by atoms with Crippen LogP contribution in [0.25, 0.3) is 11.3 Å². The molecule has 84 valence electrons. The van der Waals surface area contributed by atoms with Crippen molar-refractivity contribution in [3.05, 3.63) is 41.6 Å². The van der Waals surface area contributed by atoms with Crippen molar-refractivity contribution < 1.29 is 0 Å². The molecule has 0 unspecified atom stereocenters. The molecule has 2 aromatic rings. The number of aromatic amines is 1. The van der Waals surface area contributed by atoms with Crippen molar-refractivity contribution in [1.29, 1.82) is 0 Å². The van der Waals surface area contributed by atoms with Gasteiger partial charge < -0.3 is 0 Å². The van der Waals surface area contributed by atoms with Gasteiger partial charge in [0, 0.05) is 11.3 Å². The highest BCUT2D eigenvalue weighted by Crippen LogP contribution is 2.18. The van der Waals surface area contributed by atoms with Crippen molar-refractivity contribution in [3.63, 3.8) is 0 Å². The summed E-state index contributed by atoms with van der Waals surface area (Å²) in [7, 11) is 0. The van der Waals surface area contributed by atoms with Gasteiger partial charge in [-0.2, -0.15) is 5.10 Å². The molecule has 2 rings (SSSR count). The second-order valence-electron chi connectivity index (χ2n) is 4.25. The number of hydrogen-bond acceptors (Lipinski definition) is 1.